The number of hydrogen-bond acceptors (Lipinski definition) is 9. The fourth-order valence-corrected chi connectivity index (χ4v) is 1.75. The summed E-state index contributed by atoms with van der Waals surface area (Å²) in [6, 6.07) is 11.0. The number of phenols is 1. The van der Waals surface area contributed by atoms with Crippen LogP contribution in [0.1, 0.15) is 5.56 Å². The van der Waals surface area contributed by atoms with Gasteiger partial charge in [0.25, 0.3) is 11.4 Å². The molecule has 0 aliphatic rings. The first-order valence-corrected chi connectivity index (χ1v) is 7.27. The third-order valence-corrected chi connectivity index (χ3v) is 2.99. The molecule has 0 saturated carbocycles. The quantitative estimate of drug-likeness (QED) is 0.586. The molecule has 0 radical (unpaired) electrons. The summed E-state index contributed by atoms with van der Waals surface area (Å²) in [5.41, 5.74) is -1.81. The fourth-order valence-electron chi connectivity index (χ4n) is 1.75. The summed E-state index contributed by atoms with van der Waals surface area (Å²) in [5.74, 6) is -1.21. The lowest BCUT2D eigenvalue weighted by atomic mass is 10.2. The van der Waals surface area contributed by atoms with Gasteiger partial charge in [0, 0.05) is 14.1 Å². The molecule has 0 fully saturated rings. The molecule has 0 amide bonds. The lowest BCUT2D eigenvalue weighted by Gasteiger charge is -2.09. The molecular weight excluding hydrogens is 364 g/mol. The highest BCUT2D eigenvalue weighted by Crippen LogP contribution is 2.38. The van der Waals surface area contributed by atoms with Crippen molar-refractivity contribution in [1.82, 2.24) is 5.06 Å². The Morgan fingerprint density at radius 3 is 1.78 bits per heavy atom. The van der Waals surface area contributed by atoms with Crippen molar-refractivity contribution in [2.75, 3.05) is 14.1 Å². The van der Waals surface area contributed by atoms with Crippen LogP contribution in [0.25, 0.3) is 0 Å². The van der Waals surface area contributed by atoms with Crippen LogP contribution in [0, 0.1) is 30.3 Å². The summed E-state index contributed by atoms with van der Waals surface area (Å²) in [4.78, 5) is 33.0. The van der Waals surface area contributed by atoms with Crippen LogP contribution >= 0.6 is 0 Å². The molecule has 0 aliphatic carbocycles. The van der Waals surface area contributed by atoms with Gasteiger partial charge in [0.1, 0.15) is 0 Å². The van der Waals surface area contributed by atoms with Crippen molar-refractivity contribution in [3.05, 3.63) is 78.4 Å². The second-order valence-corrected chi connectivity index (χ2v) is 5.18. The Labute approximate surface area is 152 Å². The summed E-state index contributed by atoms with van der Waals surface area (Å²) < 4.78 is 0. The zero-order valence-corrected chi connectivity index (χ0v) is 14.3. The van der Waals surface area contributed by atoms with Gasteiger partial charge in [-0.2, -0.15) is 5.06 Å². The topological polar surface area (TPSA) is 162 Å². The van der Waals surface area contributed by atoms with Gasteiger partial charge in [-0.1, -0.05) is 30.3 Å². The third-order valence-electron chi connectivity index (χ3n) is 2.99. The van der Waals surface area contributed by atoms with Crippen LogP contribution in [0.2, 0.25) is 0 Å². The number of hydroxylamine groups is 2. The van der Waals surface area contributed by atoms with Crippen LogP contribution in [0.5, 0.6) is 5.75 Å². The van der Waals surface area contributed by atoms with Crippen molar-refractivity contribution >= 4 is 17.1 Å². The van der Waals surface area contributed by atoms with Gasteiger partial charge >= 0.3 is 11.4 Å². The SMILES string of the molecule is CN(C)OCc1ccccc1.O=[N+]([O-])c1cc([N+](=O)[O-])c(O)c([N+](=O)[O-])c1. The molecule has 0 unspecified atom stereocenters. The highest BCUT2D eigenvalue weighted by atomic mass is 16.7. The highest BCUT2D eigenvalue weighted by molar-refractivity contribution is 5.64. The van der Waals surface area contributed by atoms with Crippen LogP contribution in [0.15, 0.2) is 42.5 Å². The number of nitrogens with zero attached hydrogens (tertiary/aromatic N) is 4. The Bertz CT molecular complexity index is 791. The number of nitro benzene ring substituents is 3. The summed E-state index contributed by atoms with van der Waals surface area (Å²) in [7, 11) is 3.76. The molecule has 0 saturated heterocycles. The van der Waals surface area contributed by atoms with E-state index in [9.17, 15) is 30.3 Å². The minimum atomic E-state index is -1.21. The van der Waals surface area contributed by atoms with Crippen LogP contribution in [0.4, 0.5) is 17.1 Å². The van der Waals surface area contributed by atoms with Gasteiger partial charge in [-0.15, -0.1) is 0 Å². The zero-order chi connectivity index (χ0) is 20.6. The number of non-ortho nitro benzene ring substituents is 1. The van der Waals surface area contributed by atoms with E-state index in [2.05, 4.69) is 0 Å². The Balaban J connectivity index is 0.000000289. The maximum atomic E-state index is 10.4. The van der Waals surface area contributed by atoms with Crippen molar-refractivity contribution in [1.29, 1.82) is 0 Å². The van der Waals surface area contributed by atoms with E-state index in [-0.39, 0.29) is 0 Å². The van der Waals surface area contributed by atoms with Crippen molar-refractivity contribution in [3.63, 3.8) is 0 Å². The molecule has 12 nitrogen and oxygen atoms in total. The first-order chi connectivity index (χ1) is 12.6. The van der Waals surface area contributed by atoms with Gasteiger partial charge in [0.05, 0.1) is 33.5 Å². The molecule has 2 aromatic rings. The number of nitro groups is 3. The first kappa shape index (κ1) is 21.4. The highest BCUT2D eigenvalue weighted by Gasteiger charge is 2.30. The Morgan fingerprint density at radius 2 is 1.41 bits per heavy atom. The predicted octanol–water partition coefficient (Wildman–Crippen LogP) is 2.80. The van der Waals surface area contributed by atoms with Gasteiger partial charge in [-0.3, -0.25) is 35.2 Å². The fraction of sp³-hybridized carbons (Fsp3) is 0.200. The number of benzene rings is 2. The summed E-state index contributed by atoms with van der Waals surface area (Å²) in [5, 5.41) is 41.9. The Hall–Kier alpha value is -3.64. The van der Waals surface area contributed by atoms with E-state index in [0.29, 0.717) is 18.7 Å². The first-order valence-electron chi connectivity index (χ1n) is 7.27. The average Bonchev–Trinajstić information content (AvgIpc) is 2.60. The Kier molecular flexibility index (Phi) is 7.72. The van der Waals surface area contributed by atoms with Gasteiger partial charge in [0.15, 0.2) is 0 Å². The minimum Gasteiger partial charge on any atom is -0.497 e. The molecule has 144 valence electrons. The average molecular weight is 380 g/mol. The molecule has 2 aromatic carbocycles. The van der Waals surface area contributed by atoms with E-state index in [0.717, 1.165) is 0 Å². The molecule has 0 heterocycles. The van der Waals surface area contributed by atoms with Crippen molar-refractivity contribution in [2.45, 2.75) is 6.61 Å². The summed E-state index contributed by atoms with van der Waals surface area (Å²) >= 11 is 0. The monoisotopic (exact) mass is 380 g/mol. The molecule has 0 aliphatic heterocycles. The molecule has 0 atom stereocenters. The van der Waals surface area contributed by atoms with E-state index in [1.807, 2.05) is 44.4 Å². The Morgan fingerprint density at radius 1 is 0.926 bits per heavy atom. The molecule has 27 heavy (non-hydrogen) atoms. The predicted molar refractivity (Wildman–Crippen MR) is 93.0 cm³/mol. The van der Waals surface area contributed by atoms with Crippen LogP contribution in [-0.2, 0) is 11.4 Å². The van der Waals surface area contributed by atoms with Crippen molar-refractivity contribution in [2.24, 2.45) is 0 Å². The van der Waals surface area contributed by atoms with Crippen molar-refractivity contribution < 1.29 is 24.7 Å². The third kappa shape index (κ3) is 6.64. The van der Waals surface area contributed by atoms with E-state index in [1.165, 1.54) is 5.56 Å². The van der Waals surface area contributed by atoms with Crippen LogP contribution in [0.3, 0.4) is 0 Å². The standard InChI is InChI=1S/C9H13NO.C6H3N3O7/c1-10(2)11-8-9-6-4-3-5-7-9;10-6-4(8(13)14)1-3(7(11)12)2-5(6)9(15)16/h3-7H,8H2,1-2H3;1-2,10H. The molecule has 0 bridgehead atoms. The molecule has 0 spiro atoms. The largest absolute Gasteiger partial charge is 0.497 e. The maximum Gasteiger partial charge on any atom is 0.324 e. The van der Waals surface area contributed by atoms with E-state index >= 15 is 0 Å². The number of hydrogen-bond donors (Lipinski definition) is 1. The minimum absolute atomic E-state index is 0.447. The summed E-state index contributed by atoms with van der Waals surface area (Å²) in [6.07, 6.45) is 0. The molecule has 0 aromatic heterocycles. The van der Waals surface area contributed by atoms with E-state index in [4.69, 9.17) is 9.94 Å². The molecule has 12 heteroatoms. The number of phenolic OH excluding ortho intramolecular Hbond substituents is 1. The summed E-state index contributed by atoms with van der Waals surface area (Å²) in [6.45, 7) is 0.647. The molecular formula is C15H16N4O8. The number of rotatable bonds is 6. The van der Waals surface area contributed by atoms with Crippen LogP contribution < -0.4 is 0 Å². The zero-order valence-electron chi connectivity index (χ0n) is 14.3. The van der Waals surface area contributed by atoms with Gasteiger partial charge in [-0.05, 0) is 5.56 Å². The smallest absolute Gasteiger partial charge is 0.324 e. The van der Waals surface area contributed by atoms with Gasteiger partial charge < -0.3 is 5.11 Å². The lowest BCUT2D eigenvalue weighted by Crippen LogP contribution is -2.11. The van der Waals surface area contributed by atoms with Gasteiger partial charge in [-0.25, -0.2) is 0 Å². The normalized spacial score (nSPS) is 10.0. The van der Waals surface area contributed by atoms with Crippen LogP contribution in [-0.4, -0.2) is 39.0 Å². The number of aromatic hydroxyl groups is 1. The maximum absolute atomic E-state index is 10.4. The lowest BCUT2D eigenvalue weighted by molar-refractivity contribution is -0.404. The van der Waals surface area contributed by atoms with Gasteiger partial charge in [0.2, 0.25) is 0 Å². The van der Waals surface area contributed by atoms with E-state index < -0.39 is 37.6 Å². The second kappa shape index (κ2) is 9.74. The second-order valence-electron chi connectivity index (χ2n) is 5.18. The van der Waals surface area contributed by atoms with E-state index in [1.54, 1.807) is 5.06 Å². The molecule has 1 N–H and O–H groups in total. The molecule has 2 rings (SSSR count). The van der Waals surface area contributed by atoms with Crippen molar-refractivity contribution in [3.8, 4) is 5.75 Å².